The van der Waals surface area contributed by atoms with Crippen molar-refractivity contribution in [2.24, 2.45) is 0 Å². The van der Waals surface area contributed by atoms with Gasteiger partial charge in [0.05, 0.1) is 17.9 Å². The lowest BCUT2D eigenvalue weighted by molar-refractivity contribution is -0.116. The van der Waals surface area contributed by atoms with Crippen LogP contribution in [0.15, 0.2) is 42.5 Å². The number of anilines is 2. The Hall–Kier alpha value is -2.80. The standard InChI is InChI=1S/C20H20N2O4S/c1-4-26-19(24)14-6-8-15(9-7-14)21-17-18(23)22(20(25)27-17)16-10-5-12(2)13(3)11-16/h5-11,17,21H,4H2,1-3H3/t17-/m1/s1. The Morgan fingerprint density at radius 3 is 2.44 bits per heavy atom. The molecular weight excluding hydrogens is 364 g/mol. The molecule has 1 heterocycles. The third kappa shape index (κ3) is 3.98. The van der Waals surface area contributed by atoms with E-state index in [1.165, 1.54) is 4.90 Å². The first-order valence-corrected chi connectivity index (χ1v) is 9.44. The largest absolute Gasteiger partial charge is 0.462 e. The molecule has 1 saturated heterocycles. The highest BCUT2D eigenvalue weighted by Gasteiger charge is 2.40. The number of thioether (sulfide) groups is 1. The molecule has 7 heteroatoms. The Bertz CT molecular complexity index is 895. The van der Waals surface area contributed by atoms with Crippen molar-refractivity contribution < 1.29 is 19.1 Å². The van der Waals surface area contributed by atoms with E-state index in [9.17, 15) is 14.4 Å². The second-order valence-electron chi connectivity index (χ2n) is 6.15. The zero-order chi connectivity index (χ0) is 19.6. The summed E-state index contributed by atoms with van der Waals surface area (Å²) in [6.07, 6.45) is 0. The smallest absolute Gasteiger partial charge is 0.338 e. The van der Waals surface area contributed by atoms with Crippen molar-refractivity contribution >= 4 is 40.3 Å². The van der Waals surface area contributed by atoms with Crippen LogP contribution in [0.4, 0.5) is 16.2 Å². The summed E-state index contributed by atoms with van der Waals surface area (Å²) in [7, 11) is 0. The summed E-state index contributed by atoms with van der Waals surface area (Å²) >= 11 is 0.935. The highest BCUT2D eigenvalue weighted by Crippen LogP contribution is 2.33. The highest BCUT2D eigenvalue weighted by molar-refractivity contribution is 8.16. The van der Waals surface area contributed by atoms with Crippen molar-refractivity contribution in [3.63, 3.8) is 0 Å². The van der Waals surface area contributed by atoms with Gasteiger partial charge in [0.15, 0.2) is 5.37 Å². The lowest BCUT2D eigenvalue weighted by Gasteiger charge is -2.16. The van der Waals surface area contributed by atoms with Gasteiger partial charge < -0.3 is 10.1 Å². The van der Waals surface area contributed by atoms with Crippen LogP contribution < -0.4 is 10.2 Å². The van der Waals surface area contributed by atoms with Crippen LogP contribution in [-0.4, -0.2) is 29.1 Å². The molecule has 2 amide bonds. The molecule has 0 saturated carbocycles. The van der Waals surface area contributed by atoms with Crippen LogP contribution in [0.2, 0.25) is 0 Å². The number of nitrogens with zero attached hydrogens (tertiary/aromatic N) is 1. The van der Waals surface area contributed by atoms with E-state index < -0.39 is 11.3 Å². The minimum Gasteiger partial charge on any atom is -0.462 e. The summed E-state index contributed by atoms with van der Waals surface area (Å²) < 4.78 is 4.94. The molecule has 2 aromatic rings. The van der Waals surface area contributed by atoms with E-state index in [1.807, 2.05) is 26.0 Å². The van der Waals surface area contributed by atoms with Crippen LogP contribution in [-0.2, 0) is 9.53 Å². The second-order valence-corrected chi connectivity index (χ2v) is 7.20. The van der Waals surface area contributed by atoms with E-state index >= 15 is 0 Å². The van der Waals surface area contributed by atoms with Crippen LogP contribution >= 0.6 is 11.8 Å². The number of hydrogen-bond donors (Lipinski definition) is 1. The molecule has 0 aromatic heterocycles. The first-order valence-electron chi connectivity index (χ1n) is 8.56. The Morgan fingerprint density at radius 2 is 1.81 bits per heavy atom. The molecule has 0 unspecified atom stereocenters. The van der Waals surface area contributed by atoms with Crippen molar-refractivity contribution in [2.45, 2.75) is 26.1 Å². The van der Waals surface area contributed by atoms with Gasteiger partial charge in [0.1, 0.15) is 0 Å². The molecule has 1 fully saturated rings. The van der Waals surface area contributed by atoms with Crippen molar-refractivity contribution in [3.05, 3.63) is 59.2 Å². The van der Waals surface area contributed by atoms with Gasteiger partial charge in [-0.3, -0.25) is 9.59 Å². The summed E-state index contributed by atoms with van der Waals surface area (Å²) in [5.74, 6) is -0.714. The Kier molecular flexibility index (Phi) is 5.51. The fourth-order valence-electron chi connectivity index (χ4n) is 2.67. The molecule has 2 aromatic carbocycles. The van der Waals surface area contributed by atoms with E-state index in [-0.39, 0.29) is 11.1 Å². The molecule has 6 nitrogen and oxygen atoms in total. The lowest BCUT2D eigenvalue weighted by Crippen LogP contribution is -2.34. The van der Waals surface area contributed by atoms with Crippen molar-refractivity contribution in [1.29, 1.82) is 0 Å². The molecular formula is C20H20N2O4S. The third-order valence-corrected chi connectivity index (χ3v) is 5.23. The van der Waals surface area contributed by atoms with Gasteiger partial charge in [-0.2, -0.15) is 0 Å². The number of aryl methyl sites for hydroxylation is 2. The first-order chi connectivity index (χ1) is 12.9. The minimum atomic E-state index is -0.715. The van der Waals surface area contributed by atoms with Gasteiger partial charge in [-0.05, 0) is 80.1 Å². The zero-order valence-electron chi connectivity index (χ0n) is 15.3. The number of carbonyl (C=O) groups excluding carboxylic acids is 3. The molecule has 140 valence electrons. The number of imide groups is 1. The van der Waals surface area contributed by atoms with Gasteiger partial charge in [0.2, 0.25) is 0 Å². The fourth-order valence-corrected chi connectivity index (χ4v) is 3.57. The summed E-state index contributed by atoms with van der Waals surface area (Å²) in [6, 6.07) is 12.1. The Morgan fingerprint density at radius 1 is 1.11 bits per heavy atom. The molecule has 1 atom stereocenters. The molecule has 0 radical (unpaired) electrons. The van der Waals surface area contributed by atoms with Gasteiger partial charge in [0.25, 0.3) is 11.1 Å². The van der Waals surface area contributed by atoms with Gasteiger partial charge in [-0.15, -0.1) is 0 Å². The quantitative estimate of drug-likeness (QED) is 0.782. The number of ether oxygens (including phenoxy) is 1. The predicted molar refractivity (Wildman–Crippen MR) is 106 cm³/mol. The van der Waals surface area contributed by atoms with Gasteiger partial charge >= 0.3 is 5.97 Å². The van der Waals surface area contributed by atoms with Crippen LogP contribution in [0.25, 0.3) is 0 Å². The normalized spacial score (nSPS) is 16.6. The maximum absolute atomic E-state index is 12.7. The molecule has 1 aliphatic heterocycles. The van der Waals surface area contributed by atoms with E-state index in [0.717, 1.165) is 22.9 Å². The van der Waals surface area contributed by atoms with Crippen molar-refractivity contribution in [3.8, 4) is 0 Å². The number of benzene rings is 2. The minimum absolute atomic E-state index is 0.308. The van der Waals surface area contributed by atoms with E-state index in [4.69, 9.17) is 4.74 Å². The topological polar surface area (TPSA) is 75.7 Å². The molecule has 0 bridgehead atoms. The zero-order valence-corrected chi connectivity index (χ0v) is 16.1. The van der Waals surface area contributed by atoms with Crippen LogP contribution in [0.3, 0.4) is 0 Å². The first kappa shape index (κ1) is 19.0. The van der Waals surface area contributed by atoms with E-state index in [1.54, 1.807) is 37.3 Å². The van der Waals surface area contributed by atoms with Gasteiger partial charge in [-0.25, -0.2) is 9.69 Å². The Labute approximate surface area is 161 Å². The van der Waals surface area contributed by atoms with Gasteiger partial charge in [0, 0.05) is 5.69 Å². The lowest BCUT2D eigenvalue weighted by atomic mass is 10.1. The average Bonchev–Trinajstić information content (AvgIpc) is 2.92. The van der Waals surface area contributed by atoms with E-state index in [0.29, 0.717) is 23.5 Å². The van der Waals surface area contributed by atoms with E-state index in [2.05, 4.69) is 5.32 Å². The van der Waals surface area contributed by atoms with Crippen LogP contribution in [0.5, 0.6) is 0 Å². The molecule has 27 heavy (non-hydrogen) atoms. The third-order valence-electron chi connectivity index (χ3n) is 4.29. The summed E-state index contributed by atoms with van der Waals surface area (Å²) in [6.45, 7) is 5.97. The molecule has 0 aliphatic carbocycles. The van der Waals surface area contributed by atoms with Crippen molar-refractivity contribution in [1.82, 2.24) is 0 Å². The summed E-state index contributed by atoms with van der Waals surface area (Å²) in [5.41, 5.74) is 3.76. The molecule has 0 spiro atoms. The number of hydrogen-bond acceptors (Lipinski definition) is 6. The maximum atomic E-state index is 12.7. The summed E-state index contributed by atoms with van der Waals surface area (Å²) in [4.78, 5) is 38.0. The SMILES string of the molecule is CCOC(=O)c1ccc(N[C@@H]2SC(=O)N(c3ccc(C)c(C)c3)C2=O)cc1. The number of esters is 1. The number of carbonyl (C=O) groups is 3. The number of nitrogens with one attached hydrogen (secondary N) is 1. The molecule has 1 N–H and O–H groups in total. The van der Waals surface area contributed by atoms with Crippen LogP contribution in [0.1, 0.15) is 28.4 Å². The second kappa shape index (κ2) is 7.84. The Balaban J connectivity index is 1.73. The monoisotopic (exact) mass is 384 g/mol. The van der Waals surface area contributed by atoms with Crippen LogP contribution in [0, 0.1) is 13.8 Å². The fraction of sp³-hybridized carbons (Fsp3) is 0.250. The van der Waals surface area contributed by atoms with Gasteiger partial charge in [-0.1, -0.05) is 6.07 Å². The predicted octanol–water partition coefficient (Wildman–Crippen LogP) is 4.12. The highest BCUT2D eigenvalue weighted by atomic mass is 32.2. The number of rotatable bonds is 5. The maximum Gasteiger partial charge on any atom is 0.338 e. The molecule has 1 aliphatic rings. The molecule has 3 rings (SSSR count). The summed E-state index contributed by atoms with van der Waals surface area (Å²) in [5, 5.41) is 2.01. The van der Waals surface area contributed by atoms with Crippen molar-refractivity contribution in [2.75, 3.05) is 16.8 Å². The average molecular weight is 384 g/mol. The number of amides is 2.